The SMILES string of the molecule is CCn1ncc(-c2ccnc3cc(C(=O)Nc4cc([N+](=O)[O-])ccc4O)nn23)c1C. The highest BCUT2D eigenvalue weighted by Crippen LogP contribution is 2.28. The van der Waals surface area contributed by atoms with Crippen molar-refractivity contribution < 1.29 is 14.8 Å². The topological polar surface area (TPSA) is 140 Å². The van der Waals surface area contributed by atoms with Gasteiger partial charge in [0.25, 0.3) is 11.6 Å². The molecule has 4 rings (SSSR count). The maximum absolute atomic E-state index is 12.7. The van der Waals surface area contributed by atoms with Gasteiger partial charge in [0.1, 0.15) is 5.75 Å². The van der Waals surface area contributed by atoms with Crippen LogP contribution < -0.4 is 5.32 Å². The van der Waals surface area contributed by atoms with Crippen molar-refractivity contribution in [3.63, 3.8) is 0 Å². The van der Waals surface area contributed by atoms with Crippen molar-refractivity contribution in [3.05, 3.63) is 64.2 Å². The van der Waals surface area contributed by atoms with Crippen molar-refractivity contribution in [1.29, 1.82) is 0 Å². The highest BCUT2D eigenvalue weighted by Gasteiger charge is 2.19. The first-order valence-corrected chi connectivity index (χ1v) is 9.05. The lowest BCUT2D eigenvalue weighted by molar-refractivity contribution is -0.384. The van der Waals surface area contributed by atoms with Crippen LogP contribution in [0.4, 0.5) is 11.4 Å². The number of aryl methyl sites for hydroxylation is 1. The second-order valence-corrected chi connectivity index (χ2v) is 6.50. The third-order valence-corrected chi connectivity index (χ3v) is 4.71. The van der Waals surface area contributed by atoms with E-state index in [0.717, 1.165) is 41.7 Å². The number of amides is 1. The van der Waals surface area contributed by atoms with Gasteiger partial charge in [-0.25, -0.2) is 9.50 Å². The molecule has 0 bridgehead atoms. The second-order valence-electron chi connectivity index (χ2n) is 6.50. The summed E-state index contributed by atoms with van der Waals surface area (Å²) in [4.78, 5) is 27.2. The molecule has 0 saturated heterocycles. The van der Waals surface area contributed by atoms with E-state index in [2.05, 4.69) is 20.5 Å². The number of hydrogen-bond acceptors (Lipinski definition) is 7. The molecule has 0 spiro atoms. The van der Waals surface area contributed by atoms with Crippen molar-refractivity contribution >= 4 is 22.9 Å². The van der Waals surface area contributed by atoms with E-state index in [1.165, 1.54) is 10.6 Å². The van der Waals surface area contributed by atoms with E-state index in [4.69, 9.17) is 0 Å². The number of fused-ring (bicyclic) bond motifs is 1. The zero-order chi connectivity index (χ0) is 21.4. The van der Waals surface area contributed by atoms with Gasteiger partial charge in [-0.3, -0.25) is 19.6 Å². The number of hydrogen-bond donors (Lipinski definition) is 2. The van der Waals surface area contributed by atoms with Gasteiger partial charge < -0.3 is 10.4 Å². The molecule has 0 aliphatic rings. The fourth-order valence-electron chi connectivity index (χ4n) is 3.15. The Hall–Kier alpha value is -4.28. The third kappa shape index (κ3) is 3.21. The Morgan fingerprint density at radius 2 is 2.10 bits per heavy atom. The van der Waals surface area contributed by atoms with Crippen LogP contribution in [0.5, 0.6) is 5.75 Å². The number of nitro benzene ring substituents is 1. The Morgan fingerprint density at radius 1 is 1.30 bits per heavy atom. The molecule has 3 aromatic heterocycles. The van der Waals surface area contributed by atoms with Crippen LogP contribution in [0.3, 0.4) is 0 Å². The Bertz CT molecular complexity index is 1290. The quantitative estimate of drug-likeness (QED) is 0.294. The Labute approximate surface area is 169 Å². The number of anilines is 1. The summed E-state index contributed by atoms with van der Waals surface area (Å²) in [5.74, 6) is -0.928. The molecule has 2 N–H and O–H groups in total. The number of benzene rings is 1. The first-order valence-electron chi connectivity index (χ1n) is 9.05. The average molecular weight is 407 g/mol. The number of nitro groups is 1. The summed E-state index contributed by atoms with van der Waals surface area (Å²) in [7, 11) is 0. The second kappa shape index (κ2) is 7.28. The first-order chi connectivity index (χ1) is 14.4. The minimum Gasteiger partial charge on any atom is -0.506 e. The monoisotopic (exact) mass is 407 g/mol. The Kier molecular flexibility index (Phi) is 4.62. The summed E-state index contributed by atoms with van der Waals surface area (Å²) < 4.78 is 3.38. The van der Waals surface area contributed by atoms with Gasteiger partial charge in [-0.15, -0.1) is 0 Å². The first kappa shape index (κ1) is 19.1. The molecule has 4 aromatic rings. The number of phenols is 1. The van der Waals surface area contributed by atoms with Gasteiger partial charge in [-0.1, -0.05) is 0 Å². The molecule has 0 radical (unpaired) electrons. The van der Waals surface area contributed by atoms with Gasteiger partial charge in [0.05, 0.1) is 22.5 Å². The fraction of sp³-hybridized carbons (Fsp3) is 0.158. The number of phenolic OH excluding ortho intramolecular Hbond substituents is 1. The maximum Gasteiger partial charge on any atom is 0.276 e. The van der Waals surface area contributed by atoms with E-state index < -0.39 is 10.8 Å². The van der Waals surface area contributed by atoms with Crippen molar-refractivity contribution in [3.8, 4) is 17.0 Å². The smallest absolute Gasteiger partial charge is 0.276 e. The minimum absolute atomic E-state index is 0.0430. The molecule has 0 aliphatic heterocycles. The molecule has 30 heavy (non-hydrogen) atoms. The molecule has 0 atom stereocenters. The Balaban J connectivity index is 1.71. The normalized spacial score (nSPS) is 11.0. The van der Waals surface area contributed by atoms with Crippen LogP contribution in [0.1, 0.15) is 23.1 Å². The van der Waals surface area contributed by atoms with E-state index in [1.54, 1.807) is 18.5 Å². The molecule has 0 unspecified atom stereocenters. The number of nitrogens with one attached hydrogen (secondary N) is 1. The predicted molar refractivity (Wildman–Crippen MR) is 107 cm³/mol. The summed E-state index contributed by atoms with van der Waals surface area (Å²) >= 11 is 0. The number of nitrogens with zero attached hydrogens (tertiary/aromatic N) is 6. The third-order valence-electron chi connectivity index (χ3n) is 4.71. The highest BCUT2D eigenvalue weighted by molar-refractivity contribution is 6.04. The number of aromatic hydroxyl groups is 1. The molecule has 0 aliphatic carbocycles. The van der Waals surface area contributed by atoms with Crippen LogP contribution in [0, 0.1) is 17.0 Å². The van der Waals surface area contributed by atoms with Gasteiger partial charge >= 0.3 is 0 Å². The summed E-state index contributed by atoms with van der Waals surface area (Å²) in [6, 6.07) is 6.64. The summed E-state index contributed by atoms with van der Waals surface area (Å²) in [6.45, 7) is 4.66. The molecular weight excluding hydrogens is 390 g/mol. The molecule has 0 saturated carbocycles. The lowest BCUT2D eigenvalue weighted by Gasteiger charge is -2.06. The number of aromatic nitrogens is 5. The Morgan fingerprint density at radius 3 is 2.80 bits per heavy atom. The molecule has 1 aromatic carbocycles. The van der Waals surface area contributed by atoms with Gasteiger partial charge in [-0.2, -0.15) is 10.2 Å². The minimum atomic E-state index is -0.636. The van der Waals surface area contributed by atoms with Crippen molar-refractivity contribution in [2.75, 3.05) is 5.32 Å². The number of carbonyl (C=O) groups excluding carboxylic acids is 1. The van der Waals surface area contributed by atoms with Crippen LogP contribution in [0.2, 0.25) is 0 Å². The predicted octanol–water partition coefficient (Wildman–Crippen LogP) is 2.79. The van der Waals surface area contributed by atoms with Gasteiger partial charge in [0.15, 0.2) is 11.3 Å². The largest absolute Gasteiger partial charge is 0.506 e. The van der Waals surface area contributed by atoms with Gasteiger partial charge in [0.2, 0.25) is 0 Å². The molecule has 3 heterocycles. The zero-order valence-electron chi connectivity index (χ0n) is 16.1. The molecule has 152 valence electrons. The molecule has 0 fully saturated rings. The summed E-state index contributed by atoms with van der Waals surface area (Å²) in [5.41, 5.74) is 2.68. The van der Waals surface area contributed by atoms with Gasteiger partial charge in [0, 0.05) is 42.2 Å². The van der Waals surface area contributed by atoms with Crippen LogP contribution in [-0.2, 0) is 6.54 Å². The fourth-order valence-corrected chi connectivity index (χ4v) is 3.15. The van der Waals surface area contributed by atoms with E-state index in [1.807, 2.05) is 18.5 Å². The zero-order valence-corrected chi connectivity index (χ0v) is 16.1. The van der Waals surface area contributed by atoms with Crippen molar-refractivity contribution in [1.82, 2.24) is 24.4 Å². The van der Waals surface area contributed by atoms with Crippen LogP contribution in [-0.4, -0.2) is 40.3 Å². The highest BCUT2D eigenvalue weighted by atomic mass is 16.6. The van der Waals surface area contributed by atoms with Crippen molar-refractivity contribution in [2.24, 2.45) is 0 Å². The standard InChI is InChI=1S/C19H17N7O4/c1-3-24-11(2)13(10-21-24)16-6-7-20-18-9-15(23-25(16)18)19(28)22-14-8-12(26(29)30)4-5-17(14)27/h4-10,27H,3H2,1-2H3,(H,22,28). The lowest BCUT2D eigenvalue weighted by Crippen LogP contribution is -2.13. The number of rotatable bonds is 5. The summed E-state index contributed by atoms with van der Waals surface area (Å²) in [6.07, 6.45) is 3.35. The van der Waals surface area contributed by atoms with E-state index in [9.17, 15) is 20.0 Å². The van der Waals surface area contributed by atoms with E-state index in [-0.39, 0.29) is 22.8 Å². The van der Waals surface area contributed by atoms with Crippen LogP contribution in [0.15, 0.2) is 42.7 Å². The summed E-state index contributed by atoms with van der Waals surface area (Å²) in [5, 5.41) is 32.0. The van der Waals surface area contributed by atoms with E-state index >= 15 is 0 Å². The average Bonchev–Trinajstić information content (AvgIpc) is 3.32. The molecule has 1 amide bonds. The van der Waals surface area contributed by atoms with E-state index in [0.29, 0.717) is 5.65 Å². The maximum atomic E-state index is 12.7. The molecule has 11 heteroatoms. The molecule has 11 nitrogen and oxygen atoms in total. The lowest BCUT2D eigenvalue weighted by atomic mass is 10.2. The van der Waals surface area contributed by atoms with Crippen LogP contribution in [0.25, 0.3) is 16.9 Å². The van der Waals surface area contributed by atoms with Gasteiger partial charge in [-0.05, 0) is 26.0 Å². The number of carbonyl (C=O) groups is 1. The number of non-ortho nitro benzene ring substituents is 1. The van der Waals surface area contributed by atoms with Crippen LogP contribution >= 0.6 is 0 Å². The van der Waals surface area contributed by atoms with Crippen molar-refractivity contribution in [2.45, 2.75) is 20.4 Å². The molecular formula is C19H17N7O4.